The number of hydrogen-bond acceptors (Lipinski definition) is 3. The zero-order valence-corrected chi connectivity index (χ0v) is 12.1. The standard InChI is InChI=1S/C12H12BrF3N2O2/c1-18-5-4-9(11(18)19)17-7-2-3-10(8(13)6-7)20-12(14,15)16/h2-3,6,9,17H,4-5H2,1H3. The Morgan fingerprint density at radius 2 is 2.15 bits per heavy atom. The number of carbonyl (C=O) groups excluding carboxylic acids is 1. The maximum atomic E-state index is 12.1. The van der Waals surface area contributed by atoms with Gasteiger partial charge in [0.1, 0.15) is 11.8 Å². The molecule has 110 valence electrons. The van der Waals surface area contributed by atoms with Crippen LogP contribution in [-0.4, -0.2) is 36.8 Å². The summed E-state index contributed by atoms with van der Waals surface area (Å²) in [4.78, 5) is 13.3. The zero-order valence-electron chi connectivity index (χ0n) is 10.5. The van der Waals surface area contributed by atoms with Crippen molar-refractivity contribution in [3.8, 4) is 5.75 Å². The van der Waals surface area contributed by atoms with Crippen molar-refractivity contribution in [2.75, 3.05) is 18.9 Å². The second kappa shape index (κ2) is 5.51. The van der Waals surface area contributed by atoms with Gasteiger partial charge < -0.3 is 15.0 Å². The SMILES string of the molecule is CN1CCC(Nc2ccc(OC(F)(F)F)c(Br)c2)C1=O. The number of ether oxygens (including phenoxy) is 1. The summed E-state index contributed by atoms with van der Waals surface area (Å²) in [7, 11) is 1.71. The highest BCUT2D eigenvalue weighted by molar-refractivity contribution is 9.10. The molecule has 1 unspecified atom stereocenters. The fraction of sp³-hybridized carbons (Fsp3) is 0.417. The molecule has 1 N–H and O–H groups in total. The van der Waals surface area contributed by atoms with Gasteiger partial charge in [-0.3, -0.25) is 4.79 Å². The molecule has 2 rings (SSSR count). The van der Waals surface area contributed by atoms with E-state index in [1.807, 2.05) is 0 Å². The number of benzene rings is 1. The van der Waals surface area contributed by atoms with Crippen LogP contribution in [0.25, 0.3) is 0 Å². The molecule has 8 heteroatoms. The van der Waals surface area contributed by atoms with Crippen LogP contribution in [0.2, 0.25) is 0 Å². The topological polar surface area (TPSA) is 41.6 Å². The van der Waals surface area contributed by atoms with Crippen molar-refractivity contribution >= 4 is 27.5 Å². The molecule has 1 aromatic carbocycles. The van der Waals surface area contributed by atoms with Crippen LogP contribution in [-0.2, 0) is 4.79 Å². The Kier molecular flexibility index (Phi) is 4.12. The average molecular weight is 353 g/mol. The molecule has 1 heterocycles. The van der Waals surface area contributed by atoms with Gasteiger partial charge in [0.05, 0.1) is 4.47 Å². The fourth-order valence-corrected chi connectivity index (χ4v) is 2.42. The summed E-state index contributed by atoms with van der Waals surface area (Å²) in [6.07, 6.45) is -4.07. The lowest BCUT2D eigenvalue weighted by molar-refractivity contribution is -0.274. The smallest absolute Gasteiger partial charge is 0.405 e. The van der Waals surface area contributed by atoms with Gasteiger partial charge in [0.15, 0.2) is 0 Å². The first kappa shape index (κ1) is 15.0. The Hall–Kier alpha value is -1.44. The van der Waals surface area contributed by atoms with Crippen LogP contribution in [0.1, 0.15) is 6.42 Å². The molecule has 1 fully saturated rings. The minimum absolute atomic E-state index is 0.0308. The number of anilines is 1. The fourth-order valence-electron chi connectivity index (χ4n) is 1.96. The molecule has 4 nitrogen and oxygen atoms in total. The van der Waals surface area contributed by atoms with Crippen LogP contribution in [0.3, 0.4) is 0 Å². The van der Waals surface area contributed by atoms with Crippen molar-refractivity contribution < 1.29 is 22.7 Å². The molecule has 0 spiro atoms. The van der Waals surface area contributed by atoms with E-state index in [2.05, 4.69) is 26.0 Å². The van der Waals surface area contributed by atoms with Crippen molar-refractivity contribution in [2.45, 2.75) is 18.8 Å². The van der Waals surface area contributed by atoms with E-state index in [4.69, 9.17) is 0 Å². The average Bonchev–Trinajstić information content (AvgIpc) is 2.63. The summed E-state index contributed by atoms with van der Waals surface area (Å²) in [5, 5.41) is 2.99. The number of likely N-dealkylation sites (tertiary alicyclic amines) is 1. The molecule has 1 aliphatic rings. The van der Waals surface area contributed by atoms with Crippen LogP contribution in [0.15, 0.2) is 22.7 Å². The first-order valence-electron chi connectivity index (χ1n) is 5.83. The van der Waals surface area contributed by atoms with Crippen LogP contribution < -0.4 is 10.1 Å². The Morgan fingerprint density at radius 1 is 1.45 bits per heavy atom. The van der Waals surface area contributed by atoms with Gasteiger partial charge in [-0.1, -0.05) is 0 Å². The molecular weight excluding hydrogens is 341 g/mol. The quantitative estimate of drug-likeness (QED) is 0.909. The lowest BCUT2D eigenvalue weighted by Crippen LogP contribution is -2.30. The van der Waals surface area contributed by atoms with Gasteiger partial charge >= 0.3 is 6.36 Å². The van der Waals surface area contributed by atoms with E-state index in [0.717, 1.165) is 0 Å². The van der Waals surface area contributed by atoms with Crippen LogP contribution >= 0.6 is 15.9 Å². The zero-order chi connectivity index (χ0) is 14.9. The van der Waals surface area contributed by atoms with Gasteiger partial charge in [0.2, 0.25) is 5.91 Å². The maximum absolute atomic E-state index is 12.1. The largest absolute Gasteiger partial charge is 0.573 e. The molecule has 1 amide bonds. The number of nitrogens with zero attached hydrogens (tertiary/aromatic N) is 1. The van der Waals surface area contributed by atoms with E-state index in [1.165, 1.54) is 18.2 Å². The van der Waals surface area contributed by atoms with E-state index in [-0.39, 0.29) is 22.2 Å². The van der Waals surface area contributed by atoms with Gasteiger partial charge in [-0.2, -0.15) is 0 Å². The van der Waals surface area contributed by atoms with Crippen LogP contribution in [0, 0.1) is 0 Å². The molecule has 1 atom stereocenters. The molecule has 0 bridgehead atoms. The second-order valence-electron chi connectivity index (χ2n) is 4.44. The van der Waals surface area contributed by atoms with Crippen molar-refractivity contribution in [1.29, 1.82) is 0 Å². The summed E-state index contributed by atoms with van der Waals surface area (Å²) >= 11 is 3.02. The highest BCUT2D eigenvalue weighted by atomic mass is 79.9. The van der Waals surface area contributed by atoms with Crippen molar-refractivity contribution in [3.63, 3.8) is 0 Å². The van der Waals surface area contributed by atoms with Gasteiger partial charge in [-0.15, -0.1) is 13.2 Å². The number of halogens is 4. The summed E-state index contributed by atoms with van der Waals surface area (Å²) in [6, 6.07) is 3.74. The number of hydrogen-bond donors (Lipinski definition) is 1. The predicted octanol–water partition coefficient (Wildman–Crippen LogP) is 2.99. The molecular formula is C12H12BrF3N2O2. The van der Waals surface area contributed by atoms with Gasteiger partial charge in [0.25, 0.3) is 0 Å². The molecule has 1 aliphatic heterocycles. The van der Waals surface area contributed by atoms with Crippen molar-refractivity contribution in [1.82, 2.24) is 4.90 Å². The van der Waals surface area contributed by atoms with Gasteiger partial charge in [-0.05, 0) is 40.5 Å². The van der Waals surface area contributed by atoms with Gasteiger partial charge in [0, 0.05) is 19.3 Å². The molecule has 1 aromatic rings. The third-order valence-corrected chi connectivity index (χ3v) is 3.55. The lowest BCUT2D eigenvalue weighted by atomic mass is 10.2. The normalized spacial score (nSPS) is 19.4. The summed E-state index contributed by atoms with van der Waals surface area (Å²) < 4.78 is 40.4. The molecule has 0 saturated carbocycles. The Balaban J connectivity index is 2.08. The number of carbonyl (C=O) groups is 1. The minimum Gasteiger partial charge on any atom is -0.405 e. The molecule has 20 heavy (non-hydrogen) atoms. The van der Waals surface area contributed by atoms with E-state index in [9.17, 15) is 18.0 Å². The Morgan fingerprint density at radius 3 is 2.65 bits per heavy atom. The van der Waals surface area contributed by atoms with E-state index in [1.54, 1.807) is 11.9 Å². The number of amides is 1. The number of nitrogens with one attached hydrogen (secondary N) is 1. The van der Waals surface area contributed by atoms with Gasteiger partial charge in [-0.25, -0.2) is 0 Å². The third-order valence-electron chi connectivity index (χ3n) is 2.93. The van der Waals surface area contributed by atoms with Crippen molar-refractivity contribution in [3.05, 3.63) is 22.7 Å². The second-order valence-corrected chi connectivity index (χ2v) is 5.29. The highest BCUT2D eigenvalue weighted by Crippen LogP contribution is 2.33. The van der Waals surface area contributed by atoms with E-state index in [0.29, 0.717) is 18.7 Å². The molecule has 0 aromatic heterocycles. The number of rotatable bonds is 3. The maximum Gasteiger partial charge on any atom is 0.573 e. The number of likely N-dealkylation sites (N-methyl/N-ethyl adjacent to an activating group) is 1. The van der Waals surface area contributed by atoms with E-state index >= 15 is 0 Å². The summed E-state index contributed by atoms with van der Waals surface area (Å²) in [5.74, 6) is -0.352. The third kappa shape index (κ3) is 3.56. The van der Waals surface area contributed by atoms with E-state index < -0.39 is 6.36 Å². The van der Waals surface area contributed by atoms with Crippen LogP contribution in [0.5, 0.6) is 5.75 Å². The molecule has 0 aliphatic carbocycles. The summed E-state index contributed by atoms with van der Waals surface area (Å²) in [6.45, 7) is 0.660. The Bertz CT molecular complexity index is 522. The lowest BCUT2D eigenvalue weighted by Gasteiger charge is -2.15. The van der Waals surface area contributed by atoms with Crippen LogP contribution in [0.4, 0.5) is 18.9 Å². The number of alkyl halides is 3. The predicted molar refractivity (Wildman–Crippen MR) is 70.5 cm³/mol. The summed E-state index contributed by atoms with van der Waals surface area (Å²) in [5.41, 5.74) is 0.556. The first-order chi connectivity index (χ1) is 9.26. The molecule has 0 radical (unpaired) electrons. The monoisotopic (exact) mass is 352 g/mol. The minimum atomic E-state index is -4.73. The molecule has 1 saturated heterocycles. The highest BCUT2D eigenvalue weighted by Gasteiger charge is 2.32. The Labute approximate surface area is 122 Å². The van der Waals surface area contributed by atoms with Crippen molar-refractivity contribution in [2.24, 2.45) is 0 Å². The first-order valence-corrected chi connectivity index (χ1v) is 6.62.